The van der Waals surface area contributed by atoms with Crippen molar-refractivity contribution in [1.29, 1.82) is 0 Å². The normalized spacial score (nSPS) is 27.7. The molecular weight excluding hydrogens is 197 g/mol. The molecule has 0 aromatic carbocycles. The van der Waals surface area contributed by atoms with Crippen molar-refractivity contribution in [3.8, 4) is 0 Å². The molecule has 3 nitrogen and oxygen atoms in total. The minimum absolute atomic E-state index is 0.0451. The van der Waals surface area contributed by atoms with Gasteiger partial charge in [0.2, 0.25) is 0 Å². The summed E-state index contributed by atoms with van der Waals surface area (Å²) in [6.07, 6.45) is -0.622. The fraction of sp³-hybridized carbons (Fsp3) is 0.909. The van der Waals surface area contributed by atoms with Crippen LogP contribution in [0.25, 0.3) is 0 Å². The number of piperidine rings is 1. The number of amides is 1. The van der Waals surface area contributed by atoms with Crippen molar-refractivity contribution in [2.75, 3.05) is 13.1 Å². The Morgan fingerprint density at radius 2 is 2.07 bits per heavy atom. The number of likely N-dealkylation sites (tertiary alicyclic amines) is 1. The highest BCUT2D eigenvalue weighted by atomic mass is 19.1. The summed E-state index contributed by atoms with van der Waals surface area (Å²) in [6.45, 7) is 8.06. The summed E-state index contributed by atoms with van der Waals surface area (Å²) in [7, 11) is 0. The number of alkyl halides is 1. The summed E-state index contributed by atoms with van der Waals surface area (Å²) in [6, 6.07) is 0. The highest BCUT2D eigenvalue weighted by molar-refractivity contribution is 5.68. The molecule has 0 aromatic heterocycles. The van der Waals surface area contributed by atoms with Gasteiger partial charge in [0, 0.05) is 6.54 Å². The molecular formula is C11H20FNO2. The predicted octanol–water partition coefficient (Wildman–Crippen LogP) is 2.60. The zero-order chi connectivity index (χ0) is 11.6. The van der Waals surface area contributed by atoms with Gasteiger partial charge in [-0.1, -0.05) is 6.92 Å². The van der Waals surface area contributed by atoms with E-state index in [9.17, 15) is 9.18 Å². The highest BCUT2D eigenvalue weighted by Crippen LogP contribution is 2.21. The molecule has 0 bridgehead atoms. The Hall–Kier alpha value is -0.800. The largest absolute Gasteiger partial charge is 0.444 e. The molecule has 0 N–H and O–H groups in total. The van der Waals surface area contributed by atoms with Gasteiger partial charge in [0.05, 0.1) is 6.54 Å². The molecule has 1 heterocycles. The van der Waals surface area contributed by atoms with Gasteiger partial charge in [0.25, 0.3) is 0 Å². The third-order valence-corrected chi connectivity index (χ3v) is 2.52. The van der Waals surface area contributed by atoms with Crippen molar-refractivity contribution in [2.24, 2.45) is 5.92 Å². The molecule has 1 unspecified atom stereocenters. The smallest absolute Gasteiger partial charge is 0.410 e. The SMILES string of the molecule is C[C@H]1CCN(C(=O)OC(C)(C)C)CC1F. The van der Waals surface area contributed by atoms with Crippen LogP contribution in [0.4, 0.5) is 9.18 Å². The number of hydrogen-bond donors (Lipinski definition) is 0. The molecule has 88 valence electrons. The van der Waals surface area contributed by atoms with Gasteiger partial charge in [0.15, 0.2) is 0 Å². The number of nitrogens with zero attached hydrogens (tertiary/aromatic N) is 1. The summed E-state index contributed by atoms with van der Waals surface area (Å²) in [5.41, 5.74) is -0.508. The number of ether oxygens (including phenoxy) is 1. The van der Waals surface area contributed by atoms with Gasteiger partial charge in [-0.3, -0.25) is 0 Å². The molecule has 4 heteroatoms. The monoisotopic (exact) mass is 217 g/mol. The second kappa shape index (κ2) is 4.37. The Kier molecular flexibility index (Phi) is 3.58. The third-order valence-electron chi connectivity index (χ3n) is 2.52. The Labute approximate surface area is 90.6 Å². The molecule has 2 atom stereocenters. The van der Waals surface area contributed by atoms with Crippen molar-refractivity contribution >= 4 is 6.09 Å². The van der Waals surface area contributed by atoms with E-state index in [0.717, 1.165) is 0 Å². The topological polar surface area (TPSA) is 29.5 Å². The van der Waals surface area contributed by atoms with Crippen LogP contribution >= 0.6 is 0 Å². The van der Waals surface area contributed by atoms with Gasteiger partial charge in [-0.2, -0.15) is 0 Å². The first-order chi connectivity index (χ1) is 6.79. The maximum Gasteiger partial charge on any atom is 0.410 e. The van der Waals surface area contributed by atoms with E-state index in [2.05, 4.69) is 0 Å². The average molecular weight is 217 g/mol. The second-order valence-corrected chi connectivity index (χ2v) is 5.21. The van der Waals surface area contributed by atoms with Gasteiger partial charge in [-0.15, -0.1) is 0 Å². The summed E-state index contributed by atoms with van der Waals surface area (Å²) in [5, 5.41) is 0. The van der Waals surface area contributed by atoms with Crippen LogP contribution in [0.2, 0.25) is 0 Å². The molecule has 0 radical (unpaired) electrons. The zero-order valence-corrected chi connectivity index (χ0v) is 9.92. The molecule has 1 saturated heterocycles. The Morgan fingerprint density at radius 1 is 1.47 bits per heavy atom. The van der Waals surface area contributed by atoms with E-state index >= 15 is 0 Å². The maximum atomic E-state index is 13.4. The molecule has 1 amide bonds. The van der Waals surface area contributed by atoms with Crippen molar-refractivity contribution in [3.63, 3.8) is 0 Å². The van der Waals surface area contributed by atoms with Crippen LogP contribution in [-0.4, -0.2) is 35.9 Å². The Morgan fingerprint density at radius 3 is 2.53 bits per heavy atom. The lowest BCUT2D eigenvalue weighted by molar-refractivity contribution is 0.00709. The number of halogens is 1. The number of rotatable bonds is 0. The summed E-state index contributed by atoms with van der Waals surface area (Å²) < 4.78 is 18.6. The minimum atomic E-state index is -0.925. The third kappa shape index (κ3) is 3.68. The standard InChI is InChI=1S/C11H20FNO2/c1-8-5-6-13(7-9(8)12)10(14)15-11(2,3)4/h8-9H,5-7H2,1-4H3/t8-,9?/m0/s1. The van der Waals surface area contributed by atoms with E-state index < -0.39 is 17.9 Å². The van der Waals surface area contributed by atoms with Gasteiger partial charge in [-0.25, -0.2) is 9.18 Å². The van der Waals surface area contributed by atoms with Crippen LogP contribution in [0.5, 0.6) is 0 Å². The molecule has 15 heavy (non-hydrogen) atoms. The molecule has 1 aliphatic rings. The van der Waals surface area contributed by atoms with Crippen LogP contribution in [0.3, 0.4) is 0 Å². The zero-order valence-electron chi connectivity index (χ0n) is 9.92. The minimum Gasteiger partial charge on any atom is -0.444 e. The molecule has 0 aromatic rings. The van der Waals surface area contributed by atoms with Crippen LogP contribution in [0, 0.1) is 5.92 Å². The van der Waals surface area contributed by atoms with E-state index in [1.165, 1.54) is 4.90 Å². The molecule has 0 saturated carbocycles. The van der Waals surface area contributed by atoms with Gasteiger partial charge in [-0.05, 0) is 33.1 Å². The fourth-order valence-corrected chi connectivity index (χ4v) is 1.51. The highest BCUT2D eigenvalue weighted by Gasteiger charge is 2.31. The maximum absolute atomic E-state index is 13.4. The lowest BCUT2D eigenvalue weighted by Crippen LogP contribution is -2.46. The first kappa shape index (κ1) is 12.3. The van der Waals surface area contributed by atoms with Gasteiger partial charge >= 0.3 is 6.09 Å². The van der Waals surface area contributed by atoms with E-state index in [1.54, 1.807) is 0 Å². The van der Waals surface area contributed by atoms with Crippen molar-refractivity contribution < 1.29 is 13.9 Å². The Bertz CT molecular complexity index is 237. The van der Waals surface area contributed by atoms with Crippen molar-refractivity contribution in [1.82, 2.24) is 4.90 Å². The van der Waals surface area contributed by atoms with E-state index in [0.29, 0.717) is 13.0 Å². The predicted molar refractivity (Wildman–Crippen MR) is 56.5 cm³/mol. The fourth-order valence-electron chi connectivity index (χ4n) is 1.51. The van der Waals surface area contributed by atoms with Crippen LogP contribution in [0.15, 0.2) is 0 Å². The molecule has 1 aliphatic heterocycles. The van der Waals surface area contributed by atoms with E-state index in [-0.39, 0.29) is 12.5 Å². The summed E-state index contributed by atoms with van der Waals surface area (Å²) in [5.74, 6) is 0.0451. The lowest BCUT2D eigenvalue weighted by Gasteiger charge is -2.34. The van der Waals surface area contributed by atoms with Crippen LogP contribution in [-0.2, 0) is 4.74 Å². The molecule has 0 spiro atoms. The molecule has 0 aliphatic carbocycles. The Balaban J connectivity index is 2.48. The second-order valence-electron chi connectivity index (χ2n) is 5.21. The van der Waals surface area contributed by atoms with Crippen LogP contribution < -0.4 is 0 Å². The van der Waals surface area contributed by atoms with E-state index in [1.807, 2.05) is 27.7 Å². The molecule has 1 rings (SSSR count). The van der Waals surface area contributed by atoms with Crippen LogP contribution in [0.1, 0.15) is 34.1 Å². The first-order valence-corrected chi connectivity index (χ1v) is 5.41. The average Bonchev–Trinajstić information content (AvgIpc) is 2.06. The van der Waals surface area contributed by atoms with Crippen molar-refractivity contribution in [3.05, 3.63) is 0 Å². The summed E-state index contributed by atoms with van der Waals surface area (Å²) >= 11 is 0. The summed E-state index contributed by atoms with van der Waals surface area (Å²) in [4.78, 5) is 13.1. The molecule has 1 fully saturated rings. The number of carbonyl (C=O) groups is 1. The van der Waals surface area contributed by atoms with Gasteiger partial charge < -0.3 is 9.64 Å². The number of carbonyl (C=O) groups excluding carboxylic acids is 1. The lowest BCUT2D eigenvalue weighted by atomic mass is 9.98. The van der Waals surface area contributed by atoms with Gasteiger partial charge in [0.1, 0.15) is 11.8 Å². The van der Waals surface area contributed by atoms with Crippen molar-refractivity contribution in [2.45, 2.75) is 45.9 Å². The van der Waals surface area contributed by atoms with E-state index in [4.69, 9.17) is 4.74 Å². The quantitative estimate of drug-likeness (QED) is 0.624. The first-order valence-electron chi connectivity index (χ1n) is 5.41. The number of hydrogen-bond acceptors (Lipinski definition) is 2.